The van der Waals surface area contributed by atoms with Gasteiger partial charge in [0.25, 0.3) is 0 Å². The van der Waals surface area contributed by atoms with E-state index in [1.54, 1.807) is 0 Å². The summed E-state index contributed by atoms with van der Waals surface area (Å²) < 4.78 is 2.52. The average Bonchev–Trinajstić information content (AvgIpc) is 3.38. The highest BCUT2D eigenvalue weighted by molar-refractivity contribution is 5.87. The standard InChI is InChI=1S/C37H41N3/c1-4-27-19-14-20-28(5-2)35(27)37-38-36(32-23-22-29-15-10-11-18-31(29)25-32)34(40(37)6-3)26-39-24-13-12-21-33(39)30-16-8-7-9-17-30/h7-11,14-20,22-23,25,33H,4-6,12-13,21,24,26H2,1-3H3. The lowest BCUT2D eigenvalue weighted by Gasteiger charge is -2.36. The molecule has 1 fully saturated rings. The SMILES string of the molecule is CCc1cccc(CC)c1-c1nc(-c2ccc3ccccc3c2)c(CN2CCCCC2c2ccccc2)n1CC. The predicted octanol–water partition coefficient (Wildman–Crippen LogP) is 9.24. The fourth-order valence-corrected chi connectivity index (χ4v) is 6.70. The Hall–Kier alpha value is -3.69. The molecule has 1 unspecified atom stereocenters. The second-order valence-electron chi connectivity index (χ2n) is 11.1. The molecule has 1 aromatic heterocycles. The molecule has 0 saturated carbocycles. The first-order chi connectivity index (χ1) is 19.7. The second-order valence-corrected chi connectivity index (χ2v) is 11.1. The third kappa shape index (κ3) is 4.99. The van der Waals surface area contributed by atoms with E-state index in [-0.39, 0.29) is 0 Å². The van der Waals surface area contributed by atoms with Crippen molar-refractivity contribution in [1.82, 2.24) is 14.5 Å². The van der Waals surface area contributed by atoms with Gasteiger partial charge in [-0.15, -0.1) is 0 Å². The monoisotopic (exact) mass is 527 g/mol. The molecule has 0 radical (unpaired) electrons. The first kappa shape index (κ1) is 26.5. The van der Waals surface area contributed by atoms with Crippen molar-refractivity contribution >= 4 is 10.8 Å². The number of fused-ring (bicyclic) bond motifs is 1. The molecule has 0 N–H and O–H groups in total. The molecule has 4 aromatic carbocycles. The van der Waals surface area contributed by atoms with Crippen LogP contribution in [0.25, 0.3) is 33.4 Å². The fourth-order valence-electron chi connectivity index (χ4n) is 6.70. The molecular weight excluding hydrogens is 486 g/mol. The minimum Gasteiger partial charge on any atom is -0.327 e. The number of aromatic nitrogens is 2. The molecule has 1 aliphatic heterocycles. The van der Waals surface area contributed by atoms with Gasteiger partial charge in [0.2, 0.25) is 0 Å². The topological polar surface area (TPSA) is 21.1 Å². The minimum atomic E-state index is 0.442. The maximum absolute atomic E-state index is 5.55. The Labute approximate surface area is 239 Å². The number of imidazole rings is 1. The van der Waals surface area contributed by atoms with Crippen LogP contribution in [0.4, 0.5) is 0 Å². The molecule has 3 nitrogen and oxygen atoms in total. The van der Waals surface area contributed by atoms with E-state index in [9.17, 15) is 0 Å². The molecule has 6 rings (SSSR count). The van der Waals surface area contributed by atoms with Gasteiger partial charge in [0.1, 0.15) is 5.82 Å². The molecule has 204 valence electrons. The van der Waals surface area contributed by atoms with E-state index in [1.807, 2.05) is 0 Å². The van der Waals surface area contributed by atoms with Crippen LogP contribution in [0.5, 0.6) is 0 Å². The lowest BCUT2D eigenvalue weighted by Crippen LogP contribution is -2.33. The van der Waals surface area contributed by atoms with Crippen LogP contribution in [0.1, 0.15) is 68.5 Å². The van der Waals surface area contributed by atoms with Gasteiger partial charge in [-0.25, -0.2) is 4.98 Å². The molecule has 5 aromatic rings. The highest BCUT2D eigenvalue weighted by atomic mass is 15.2. The fraction of sp³-hybridized carbons (Fsp3) is 0.324. The second kappa shape index (κ2) is 11.8. The van der Waals surface area contributed by atoms with Gasteiger partial charge in [0.05, 0.1) is 11.4 Å². The highest BCUT2D eigenvalue weighted by Gasteiger charge is 2.28. The summed E-state index contributed by atoms with van der Waals surface area (Å²) in [6, 6.07) is 33.9. The summed E-state index contributed by atoms with van der Waals surface area (Å²) >= 11 is 0. The van der Waals surface area contributed by atoms with Crippen LogP contribution < -0.4 is 0 Å². The van der Waals surface area contributed by atoms with Crippen LogP contribution in [0.15, 0.2) is 91.0 Å². The summed E-state index contributed by atoms with van der Waals surface area (Å²) in [5.74, 6) is 1.13. The number of likely N-dealkylation sites (tertiary alicyclic amines) is 1. The number of hydrogen-bond donors (Lipinski definition) is 0. The zero-order valence-electron chi connectivity index (χ0n) is 24.2. The molecule has 2 heterocycles. The van der Waals surface area contributed by atoms with Crippen molar-refractivity contribution in [2.45, 2.75) is 72.0 Å². The zero-order valence-corrected chi connectivity index (χ0v) is 24.2. The van der Waals surface area contributed by atoms with Crippen LogP contribution in [-0.2, 0) is 25.9 Å². The smallest absolute Gasteiger partial charge is 0.141 e. The van der Waals surface area contributed by atoms with Gasteiger partial charge in [0, 0.05) is 30.3 Å². The first-order valence-corrected chi connectivity index (χ1v) is 15.2. The molecule has 0 spiro atoms. The van der Waals surface area contributed by atoms with Crippen LogP contribution in [0.2, 0.25) is 0 Å². The number of aryl methyl sites for hydroxylation is 2. The molecule has 0 aliphatic carbocycles. The Morgan fingerprint density at radius 1 is 0.750 bits per heavy atom. The number of hydrogen-bond acceptors (Lipinski definition) is 2. The summed E-state index contributed by atoms with van der Waals surface area (Å²) in [7, 11) is 0. The van der Waals surface area contributed by atoms with Crippen molar-refractivity contribution in [2.24, 2.45) is 0 Å². The lowest BCUT2D eigenvalue weighted by molar-refractivity contribution is 0.137. The van der Waals surface area contributed by atoms with E-state index in [1.165, 1.54) is 63.5 Å². The summed E-state index contributed by atoms with van der Waals surface area (Å²) in [6.07, 6.45) is 5.75. The lowest BCUT2D eigenvalue weighted by atomic mass is 9.94. The van der Waals surface area contributed by atoms with Crippen molar-refractivity contribution in [3.05, 3.63) is 113 Å². The van der Waals surface area contributed by atoms with Crippen molar-refractivity contribution in [2.75, 3.05) is 6.54 Å². The average molecular weight is 528 g/mol. The Kier molecular flexibility index (Phi) is 7.84. The van der Waals surface area contributed by atoms with Gasteiger partial charge >= 0.3 is 0 Å². The highest BCUT2D eigenvalue weighted by Crippen LogP contribution is 2.38. The van der Waals surface area contributed by atoms with Crippen molar-refractivity contribution in [3.8, 4) is 22.6 Å². The summed E-state index contributed by atoms with van der Waals surface area (Å²) in [6.45, 7) is 9.73. The van der Waals surface area contributed by atoms with Crippen LogP contribution in [-0.4, -0.2) is 21.0 Å². The molecular formula is C37H41N3. The van der Waals surface area contributed by atoms with Gasteiger partial charge in [0.15, 0.2) is 0 Å². The van der Waals surface area contributed by atoms with Crippen molar-refractivity contribution < 1.29 is 0 Å². The largest absolute Gasteiger partial charge is 0.327 e. The number of rotatable bonds is 8. The zero-order chi connectivity index (χ0) is 27.5. The van der Waals surface area contributed by atoms with Gasteiger partial charge in [-0.3, -0.25) is 4.90 Å². The van der Waals surface area contributed by atoms with E-state index >= 15 is 0 Å². The Balaban J connectivity index is 1.54. The molecule has 0 amide bonds. The third-order valence-corrected chi connectivity index (χ3v) is 8.78. The molecule has 3 heteroatoms. The number of piperidine rings is 1. The predicted molar refractivity (Wildman–Crippen MR) is 168 cm³/mol. The molecule has 0 bridgehead atoms. The normalized spacial score (nSPS) is 16.0. The molecule has 1 atom stereocenters. The van der Waals surface area contributed by atoms with E-state index in [0.29, 0.717) is 6.04 Å². The number of nitrogens with zero attached hydrogens (tertiary/aromatic N) is 3. The van der Waals surface area contributed by atoms with E-state index in [4.69, 9.17) is 4.98 Å². The van der Waals surface area contributed by atoms with Gasteiger partial charge in [-0.05, 0) is 72.7 Å². The van der Waals surface area contributed by atoms with Crippen molar-refractivity contribution in [3.63, 3.8) is 0 Å². The summed E-state index contributed by atoms with van der Waals surface area (Å²) in [5.41, 5.74) is 9.22. The quantitative estimate of drug-likeness (QED) is 0.200. The van der Waals surface area contributed by atoms with E-state index < -0.39 is 0 Å². The maximum Gasteiger partial charge on any atom is 0.141 e. The van der Waals surface area contributed by atoms with Crippen LogP contribution in [0, 0.1) is 0 Å². The Morgan fingerprint density at radius 2 is 1.48 bits per heavy atom. The molecule has 1 saturated heterocycles. The Morgan fingerprint density at radius 3 is 2.20 bits per heavy atom. The summed E-state index contributed by atoms with van der Waals surface area (Å²) in [4.78, 5) is 8.26. The minimum absolute atomic E-state index is 0.442. The summed E-state index contributed by atoms with van der Waals surface area (Å²) in [5, 5.41) is 2.54. The van der Waals surface area contributed by atoms with Crippen LogP contribution >= 0.6 is 0 Å². The Bertz CT molecular complexity index is 1570. The molecule has 40 heavy (non-hydrogen) atoms. The maximum atomic E-state index is 5.55. The van der Waals surface area contributed by atoms with Gasteiger partial charge in [-0.2, -0.15) is 0 Å². The first-order valence-electron chi connectivity index (χ1n) is 15.2. The van der Waals surface area contributed by atoms with Gasteiger partial charge < -0.3 is 4.57 Å². The number of benzene rings is 4. The van der Waals surface area contributed by atoms with Gasteiger partial charge in [-0.1, -0.05) is 105 Å². The van der Waals surface area contributed by atoms with E-state index in [2.05, 4.69) is 121 Å². The van der Waals surface area contributed by atoms with Crippen molar-refractivity contribution in [1.29, 1.82) is 0 Å². The third-order valence-electron chi connectivity index (χ3n) is 8.78. The van der Waals surface area contributed by atoms with Crippen LogP contribution in [0.3, 0.4) is 0 Å². The molecule has 1 aliphatic rings. The van der Waals surface area contributed by atoms with E-state index in [0.717, 1.165) is 44.0 Å².